The lowest BCUT2D eigenvalue weighted by Gasteiger charge is -2.26. The van der Waals surface area contributed by atoms with Gasteiger partial charge in [0.2, 0.25) is 0 Å². The number of carboxylic acid groups (broad SMARTS) is 1. The standard InChI is InChI=1S/C19H22N4O2S/c24-19(25)14-4-1-12(2-5-14)10-20-11-13-3-6-16-15(9-13)23-17-18(26-16)22-8-7-21-17/h3,6-9,12,14,20H,1-2,4-5,10-11H2,(H,21,23)(H,24,25). The van der Waals surface area contributed by atoms with Crippen LogP contribution in [0.3, 0.4) is 0 Å². The summed E-state index contributed by atoms with van der Waals surface area (Å²) < 4.78 is 0. The molecule has 1 saturated carbocycles. The zero-order chi connectivity index (χ0) is 17.9. The predicted molar refractivity (Wildman–Crippen MR) is 101 cm³/mol. The van der Waals surface area contributed by atoms with Crippen LogP contribution in [0.5, 0.6) is 0 Å². The van der Waals surface area contributed by atoms with E-state index in [1.807, 2.05) is 0 Å². The number of carboxylic acids is 1. The molecule has 0 amide bonds. The summed E-state index contributed by atoms with van der Waals surface area (Å²) in [6.45, 7) is 1.76. The normalized spacial score (nSPS) is 21.4. The Balaban J connectivity index is 1.30. The highest BCUT2D eigenvalue weighted by Gasteiger charge is 2.25. The summed E-state index contributed by atoms with van der Waals surface area (Å²) in [6, 6.07) is 6.43. The van der Waals surface area contributed by atoms with E-state index in [0.717, 1.165) is 60.2 Å². The van der Waals surface area contributed by atoms with E-state index in [2.05, 4.69) is 38.8 Å². The fourth-order valence-corrected chi connectivity index (χ4v) is 4.50. The van der Waals surface area contributed by atoms with Crippen molar-refractivity contribution >= 4 is 29.2 Å². The first-order chi connectivity index (χ1) is 12.7. The van der Waals surface area contributed by atoms with Crippen LogP contribution in [-0.2, 0) is 11.3 Å². The van der Waals surface area contributed by atoms with Gasteiger partial charge in [0.25, 0.3) is 0 Å². The first-order valence-corrected chi connectivity index (χ1v) is 9.83. The van der Waals surface area contributed by atoms with Crippen molar-refractivity contribution in [2.75, 3.05) is 11.9 Å². The first kappa shape index (κ1) is 17.3. The lowest BCUT2D eigenvalue weighted by molar-refractivity contribution is -0.143. The summed E-state index contributed by atoms with van der Waals surface area (Å²) in [7, 11) is 0. The third-order valence-corrected chi connectivity index (χ3v) is 6.19. The number of nitrogens with zero attached hydrogens (tertiary/aromatic N) is 2. The van der Waals surface area contributed by atoms with Gasteiger partial charge in [-0.05, 0) is 55.8 Å². The quantitative estimate of drug-likeness (QED) is 0.632. The smallest absolute Gasteiger partial charge is 0.306 e. The average Bonchev–Trinajstić information content (AvgIpc) is 2.66. The van der Waals surface area contributed by atoms with E-state index < -0.39 is 5.97 Å². The van der Waals surface area contributed by atoms with Gasteiger partial charge in [0.15, 0.2) is 5.82 Å². The van der Waals surface area contributed by atoms with Gasteiger partial charge in [0.05, 0.1) is 11.6 Å². The second kappa shape index (κ2) is 7.63. The second-order valence-electron chi connectivity index (χ2n) is 6.95. The van der Waals surface area contributed by atoms with Crippen LogP contribution in [0.15, 0.2) is 40.5 Å². The maximum atomic E-state index is 11.0. The molecule has 0 saturated heterocycles. The highest BCUT2D eigenvalue weighted by atomic mass is 32.2. The molecule has 0 bridgehead atoms. The van der Waals surface area contributed by atoms with Crippen LogP contribution in [0.4, 0.5) is 11.5 Å². The number of hydrogen-bond acceptors (Lipinski definition) is 6. The number of benzene rings is 1. The third-order valence-electron chi connectivity index (χ3n) is 5.13. The van der Waals surface area contributed by atoms with E-state index in [0.29, 0.717) is 5.92 Å². The molecule has 3 N–H and O–H groups in total. The van der Waals surface area contributed by atoms with Gasteiger partial charge in [-0.25, -0.2) is 9.97 Å². The average molecular weight is 370 g/mol. The van der Waals surface area contributed by atoms with Gasteiger partial charge >= 0.3 is 5.97 Å². The Bertz CT molecular complexity index is 806. The van der Waals surface area contributed by atoms with Crippen molar-refractivity contribution in [1.82, 2.24) is 15.3 Å². The van der Waals surface area contributed by atoms with Gasteiger partial charge in [0.1, 0.15) is 5.03 Å². The number of aliphatic carboxylic acids is 1. The zero-order valence-electron chi connectivity index (χ0n) is 14.4. The molecule has 1 aliphatic heterocycles. The van der Waals surface area contributed by atoms with Crippen molar-refractivity contribution in [3.05, 3.63) is 36.2 Å². The molecular weight excluding hydrogens is 348 g/mol. The Kier molecular flexibility index (Phi) is 5.08. The van der Waals surface area contributed by atoms with E-state index in [1.54, 1.807) is 24.2 Å². The molecular formula is C19H22N4O2S. The summed E-state index contributed by atoms with van der Waals surface area (Å²) in [5.41, 5.74) is 2.30. The van der Waals surface area contributed by atoms with Crippen LogP contribution in [0.2, 0.25) is 0 Å². The molecule has 2 aliphatic rings. The summed E-state index contributed by atoms with van der Waals surface area (Å²) in [6.07, 6.45) is 7.02. The number of carbonyl (C=O) groups is 1. The summed E-state index contributed by atoms with van der Waals surface area (Å²) in [5.74, 6) is 0.618. The molecule has 1 fully saturated rings. The summed E-state index contributed by atoms with van der Waals surface area (Å²) in [4.78, 5) is 20.9. The van der Waals surface area contributed by atoms with Crippen LogP contribution in [-0.4, -0.2) is 27.6 Å². The van der Waals surface area contributed by atoms with Crippen molar-refractivity contribution in [2.24, 2.45) is 11.8 Å². The number of anilines is 2. The van der Waals surface area contributed by atoms with Crippen LogP contribution < -0.4 is 10.6 Å². The Labute approximate surface area is 156 Å². The lowest BCUT2D eigenvalue weighted by atomic mass is 9.82. The Morgan fingerprint density at radius 3 is 2.85 bits per heavy atom. The number of rotatable bonds is 5. The maximum Gasteiger partial charge on any atom is 0.306 e. The maximum absolute atomic E-state index is 11.0. The van der Waals surface area contributed by atoms with Gasteiger partial charge < -0.3 is 15.7 Å². The van der Waals surface area contributed by atoms with Gasteiger partial charge in [-0.1, -0.05) is 17.8 Å². The fourth-order valence-electron chi connectivity index (χ4n) is 3.63. The number of hydrogen-bond donors (Lipinski definition) is 3. The van der Waals surface area contributed by atoms with Crippen LogP contribution in [0.1, 0.15) is 31.2 Å². The van der Waals surface area contributed by atoms with Crippen LogP contribution in [0.25, 0.3) is 0 Å². The predicted octanol–water partition coefficient (Wildman–Crippen LogP) is 3.67. The molecule has 26 heavy (non-hydrogen) atoms. The van der Waals surface area contributed by atoms with Gasteiger partial charge in [-0.15, -0.1) is 0 Å². The van der Waals surface area contributed by atoms with Gasteiger partial charge in [0, 0.05) is 23.8 Å². The van der Waals surface area contributed by atoms with Crippen molar-refractivity contribution < 1.29 is 9.90 Å². The van der Waals surface area contributed by atoms with E-state index in [-0.39, 0.29) is 5.92 Å². The Hall–Kier alpha value is -2.12. The topological polar surface area (TPSA) is 87.1 Å². The van der Waals surface area contributed by atoms with Crippen molar-refractivity contribution in [1.29, 1.82) is 0 Å². The molecule has 136 valence electrons. The second-order valence-corrected chi connectivity index (χ2v) is 7.99. The highest BCUT2D eigenvalue weighted by Crippen LogP contribution is 2.42. The molecule has 1 aromatic heterocycles. The molecule has 7 heteroatoms. The van der Waals surface area contributed by atoms with E-state index >= 15 is 0 Å². The number of aromatic nitrogens is 2. The van der Waals surface area contributed by atoms with Crippen LogP contribution >= 0.6 is 11.8 Å². The summed E-state index contributed by atoms with van der Waals surface area (Å²) >= 11 is 1.64. The molecule has 2 aromatic rings. The van der Waals surface area contributed by atoms with Crippen LogP contribution in [0, 0.1) is 11.8 Å². The molecule has 0 unspecified atom stereocenters. The summed E-state index contributed by atoms with van der Waals surface area (Å²) in [5, 5.41) is 16.9. The third kappa shape index (κ3) is 3.83. The minimum atomic E-state index is -0.637. The minimum absolute atomic E-state index is 0.138. The van der Waals surface area contributed by atoms with E-state index in [4.69, 9.17) is 5.11 Å². The zero-order valence-corrected chi connectivity index (χ0v) is 15.3. The van der Waals surface area contributed by atoms with Gasteiger partial charge in [-0.2, -0.15) is 0 Å². The Morgan fingerprint density at radius 1 is 1.23 bits per heavy atom. The molecule has 2 heterocycles. The number of fused-ring (bicyclic) bond motifs is 2. The molecule has 4 rings (SSSR count). The van der Waals surface area contributed by atoms with Crippen molar-refractivity contribution in [3.8, 4) is 0 Å². The number of nitrogens with one attached hydrogen (secondary N) is 2. The van der Waals surface area contributed by atoms with Crippen molar-refractivity contribution in [2.45, 2.75) is 42.1 Å². The molecule has 1 aliphatic carbocycles. The van der Waals surface area contributed by atoms with E-state index in [1.165, 1.54) is 5.56 Å². The molecule has 0 radical (unpaired) electrons. The molecule has 6 nitrogen and oxygen atoms in total. The molecule has 0 spiro atoms. The highest BCUT2D eigenvalue weighted by molar-refractivity contribution is 7.99. The fraction of sp³-hybridized carbons (Fsp3) is 0.421. The Morgan fingerprint density at radius 2 is 2.04 bits per heavy atom. The molecule has 1 aromatic carbocycles. The first-order valence-electron chi connectivity index (χ1n) is 9.01. The van der Waals surface area contributed by atoms with Gasteiger partial charge in [-0.3, -0.25) is 4.79 Å². The van der Waals surface area contributed by atoms with E-state index in [9.17, 15) is 4.79 Å². The SMILES string of the molecule is O=C(O)C1CCC(CNCc2ccc3c(c2)Nc2nccnc2S3)CC1. The lowest BCUT2D eigenvalue weighted by Crippen LogP contribution is -2.28. The largest absolute Gasteiger partial charge is 0.481 e. The minimum Gasteiger partial charge on any atom is -0.481 e. The molecule has 0 atom stereocenters. The monoisotopic (exact) mass is 370 g/mol. The van der Waals surface area contributed by atoms with Crippen molar-refractivity contribution in [3.63, 3.8) is 0 Å².